The summed E-state index contributed by atoms with van der Waals surface area (Å²) in [7, 11) is 0. The molecule has 0 bridgehead atoms. The van der Waals surface area contributed by atoms with Crippen molar-refractivity contribution >= 4 is 11.6 Å². The molecule has 1 amide bonds. The van der Waals surface area contributed by atoms with Gasteiger partial charge < -0.3 is 10.2 Å². The van der Waals surface area contributed by atoms with Crippen LogP contribution in [0.4, 0.5) is 5.69 Å². The van der Waals surface area contributed by atoms with E-state index in [1.165, 1.54) is 5.69 Å². The number of hydrogen-bond acceptors (Lipinski definition) is 4. The summed E-state index contributed by atoms with van der Waals surface area (Å²) < 4.78 is 1.78. The van der Waals surface area contributed by atoms with Gasteiger partial charge in [0.1, 0.15) is 12.1 Å². The van der Waals surface area contributed by atoms with Crippen LogP contribution >= 0.6 is 0 Å². The lowest BCUT2D eigenvalue weighted by Gasteiger charge is -2.18. The van der Waals surface area contributed by atoms with E-state index < -0.39 is 0 Å². The summed E-state index contributed by atoms with van der Waals surface area (Å²) in [6, 6.07) is 13.9. The minimum atomic E-state index is -0.0630. The Labute approximate surface area is 152 Å². The molecule has 2 aromatic heterocycles. The lowest BCUT2D eigenvalue weighted by Crippen LogP contribution is -2.31. The molecule has 0 unspecified atom stereocenters. The summed E-state index contributed by atoms with van der Waals surface area (Å²) in [5, 5.41) is 3.07. The van der Waals surface area contributed by atoms with Crippen molar-refractivity contribution in [3.63, 3.8) is 0 Å². The van der Waals surface area contributed by atoms with Crippen LogP contribution in [0, 0.1) is 5.92 Å². The molecule has 1 aliphatic heterocycles. The van der Waals surface area contributed by atoms with Gasteiger partial charge in [-0.1, -0.05) is 18.2 Å². The molecule has 1 atom stereocenters. The van der Waals surface area contributed by atoms with Gasteiger partial charge in [-0.05, 0) is 36.6 Å². The Kier molecular flexibility index (Phi) is 4.64. The minimum absolute atomic E-state index is 0.0630. The Morgan fingerprint density at radius 2 is 2.08 bits per heavy atom. The lowest BCUT2D eigenvalue weighted by molar-refractivity contribution is 0.0948. The number of rotatable bonds is 5. The van der Waals surface area contributed by atoms with Crippen LogP contribution in [0.3, 0.4) is 0 Å². The Hall–Kier alpha value is -3.15. The van der Waals surface area contributed by atoms with E-state index in [4.69, 9.17) is 0 Å². The SMILES string of the molecule is O=C(NC[C@H]1CCN(c2ccccc2)C1)c1ccnc(-n2ccnc2)c1. The van der Waals surface area contributed by atoms with Gasteiger partial charge in [0.05, 0.1) is 0 Å². The van der Waals surface area contributed by atoms with Crippen LogP contribution in [0.25, 0.3) is 5.82 Å². The predicted molar refractivity (Wildman–Crippen MR) is 100 cm³/mol. The average molecular weight is 347 g/mol. The molecule has 0 saturated carbocycles. The van der Waals surface area contributed by atoms with E-state index in [1.807, 2.05) is 6.07 Å². The molecule has 1 fully saturated rings. The van der Waals surface area contributed by atoms with E-state index in [1.54, 1.807) is 41.6 Å². The number of hydrogen-bond donors (Lipinski definition) is 1. The molecule has 6 heteroatoms. The standard InChI is InChI=1S/C20H21N5O/c26-20(17-6-8-22-19(12-17)25-11-9-21-15-25)23-13-16-7-10-24(14-16)18-4-2-1-3-5-18/h1-6,8-9,11-12,15-16H,7,10,13-14H2,(H,23,26)/t16-/m1/s1. The van der Waals surface area contributed by atoms with Crippen molar-refractivity contribution in [2.75, 3.05) is 24.5 Å². The van der Waals surface area contributed by atoms with E-state index in [-0.39, 0.29) is 5.91 Å². The monoisotopic (exact) mass is 347 g/mol. The van der Waals surface area contributed by atoms with Gasteiger partial charge in [0.25, 0.3) is 5.91 Å². The summed E-state index contributed by atoms with van der Waals surface area (Å²) in [5.41, 5.74) is 1.86. The van der Waals surface area contributed by atoms with E-state index >= 15 is 0 Å². The van der Waals surface area contributed by atoms with Crippen molar-refractivity contribution in [1.29, 1.82) is 0 Å². The Bertz CT molecular complexity index is 863. The maximum absolute atomic E-state index is 12.5. The van der Waals surface area contributed by atoms with Crippen molar-refractivity contribution < 1.29 is 4.79 Å². The first-order chi connectivity index (χ1) is 12.8. The highest BCUT2D eigenvalue weighted by atomic mass is 16.1. The number of para-hydroxylation sites is 1. The van der Waals surface area contributed by atoms with Crippen molar-refractivity contribution in [1.82, 2.24) is 19.9 Å². The number of carbonyl (C=O) groups is 1. The number of nitrogens with one attached hydrogen (secondary N) is 1. The van der Waals surface area contributed by atoms with Gasteiger partial charge in [-0.2, -0.15) is 0 Å². The number of pyridine rings is 1. The summed E-state index contributed by atoms with van der Waals surface area (Å²) in [5.74, 6) is 1.09. The molecule has 1 aliphatic rings. The van der Waals surface area contributed by atoms with E-state index in [2.05, 4.69) is 44.5 Å². The molecule has 3 aromatic rings. The number of carbonyl (C=O) groups excluding carboxylic acids is 1. The van der Waals surface area contributed by atoms with Gasteiger partial charge in [0, 0.05) is 49.5 Å². The smallest absolute Gasteiger partial charge is 0.251 e. The number of aromatic nitrogens is 3. The average Bonchev–Trinajstić information content (AvgIpc) is 3.39. The Morgan fingerprint density at radius 1 is 1.19 bits per heavy atom. The number of imidazole rings is 1. The van der Waals surface area contributed by atoms with E-state index in [9.17, 15) is 4.79 Å². The van der Waals surface area contributed by atoms with Crippen LogP contribution in [-0.2, 0) is 0 Å². The number of nitrogens with zero attached hydrogens (tertiary/aromatic N) is 4. The maximum Gasteiger partial charge on any atom is 0.251 e. The molecule has 1 aromatic carbocycles. The molecule has 3 heterocycles. The molecular weight excluding hydrogens is 326 g/mol. The molecule has 0 radical (unpaired) electrons. The van der Waals surface area contributed by atoms with E-state index in [0.717, 1.165) is 19.5 Å². The van der Waals surface area contributed by atoms with Crippen LogP contribution < -0.4 is 10.2 Å². The first-order valence-corrected chi connectivity index (χ1v) is 8.82. The molecule has 0 aliphatic carbocycles. The van der Waals surface area contributed by atoms with Crippen molar-refractivity contribution in [2.24, 2.45) is 5.92 Å². The highest BCUT2D eigenvalue weighted by molar-refractivity contribution is 5.94. The van der Waals surface area contributed by atoms with Gasteiger partial charge in [-0.25, -0.2) is 9.97 Å². The van der Waals surface area contributed by atoms with E-state index in [0.29, 0.717) is 23.8 Å². The van der Waals surface area contributed by atoms with Gasteiger partial charge in [0.15, 0.2) is 0 Å². The highest BCUT2D eigenvalue weighted by Crippen LogP contribution is 2.23. The second kappa shape index (κ2) is 7.39. The number of benzene rings is 1. The fraction of sp³-hybridized carbons (Fsp3) is 0.250. The molecule has 26 heavy (non-hydrogen) atoms. The second-order valence-electron chi connectivity index (χ2n) is 6.52. The molecule has 0 spiro atoms. The van der Waals surface area contributed by atoms with Crippen molar-refractivity contribution in [3.8, 4) is 5.82 Å². The van der Waals surface area contributed by atoms with Crippen LogP contribution in [-0.4, -0.2) is 40.1 Å². The topological polar surface area (TPSA) is 63.1 Å². The quantitative estimate of drug-likeness (QED) is 0.770. The number of amides is 1. The van der Waals surface area contributed by atoms with Gasteiger partial charge in [-0.3, -0.25) is 9.36 Å². The normalized spacial score (nSPS) is 16.6. The zero-order valence-electron chi connectivity index (χ0n) is 14.5. The Balaban J connectivity index is 1.34. The second-order valence-corrected chi connectivity index (χ2v) is 6.52. The zero-order chi connectivity index (χ0) is 17.8. The van der Waals surface area contributed by atoms with Crippen molar-refractivity contribution in [2.45, 2.75) is 6.42 Å². The third kappa shape index (κ3) is 3.59. The number of anilines is 1. The molecular formula is C20H21N5O. The van der Waals surface area contributed by atoms with Gasteiger partial charge in [0.2, 0.25) is 0 Å². The molecule has 1 N–H and O–H groups in total. The minimum Gasteiger partial charge on any atom is -0.371 e. The molecule has 6 nitrogen and oxygen atoms in total. The highest BCUT2D eigenvalue weighted by Gasteiger charge is 2.23. The fourth-order valence-corrected chi connectivity index (χ4v) is 3.31. The largest absolute Gasteiger partial charge is 0.371 e. The van der Waals surface area contributed by atoms with Crippen LogP contribution in [0.2, 0.25) is 0 Å². The molecule has 132 valence electrons. The lowest BCUT2D eigenvalue weighted by atomic mass is 10.1. The first kappa shape index (κ1) is 16.3. The van der Waals surface area contributed by atoms with Crippen LogP contribution in [0.1, 0.15) is 16.8 Å². The summed E-state index contributed by atoms with van der Waals surface area (Å²) >= 11 is 0. The molecule has 4 rings (SSSR count). The maximum atomic E-state index is 12.5. The summed E-state index contributed by atoms with van der Waals surface area (Å²) in [6.45, 7) is 2.69. The van der Waals surface area contributed by atoms with Crippen LogP contribution in [0.5, 0.6) is 0 Å². The summed E-state index contributed by atoms with van der Waals surface area (Å²) in [6.07, 6.45) is 7.90. The van der Waals surface area contributed by atoms with Gasteiger partial charge >= 0.3 is 0 Å². The predicted octanol–water partition coefficient (Wildman–Crippen LogP) is 2.52. The molecule has 1 saturated heterocycles. The fourth-order valence-electron chi connectivity index (χ4n) is 3.31. The van der Waals surface area contributed by atoms with Crippen LogP contribution in [0.15, 0.2) is 67.4 Å². The third-order valence-electron chi connectivity index (χ3n) is 4.74. The van der Waals surface area contributed by atoms with Crippen molar-refractivity contribution in [3.05, 3.63) is 72.9 Å². The van der Waals surface area contributed by atoms with Gasteiger partial charge in [-0.15, -0.1) is 0 Å². The first-order valence-electron chi connectivity index (χ1n) is 8.82. The zero-order valence-corrected chi connectivity index (χ0v) is 14.5. The Morgan fingerprint density at radius 3 is 2.88 bits per heavy atom. The third-order valence-corrected chi connectivity index (χ3v) is 4.74. The summed E-state index contributed by atoms with van der Waals surface area (Å²) in [4.78, 5) is 23.2.